The summed E-state index contributed by atoms with van der Waals surface area (Å²) in [7, 11) is -3.60. The second-order valence-corrected chi connectivity index (χ2v) is 7.11. The molecule has 1 heterocycles. The Bertz CT molecular complexity index is 544. The molecule has 1 saturated carbocycles. The predicted octanol–water partition coefficient (Wildman–Crippen LogP) is 1.49. The number of sulfonamides is 1. The predicted molar refractivity (Wildman–Crippen MR) is 74.1 cm³/mol. The van der Waals surface area contributed by atoms with E-state index in [0.717, 1.165) is 25.7 Å². The molecule has 0 bridgehead atoms. The van der Waals surface area contributed by atoms with Crippen molar-refractivity contribution in [3.63, 3.8) is 0 Å². The minimum atomic E-state index is -3.60. The lowest BCUT2D eigenvalue weighted by molar-refractivity contribution is 0.294. The highest BCUT2D eigenvalue weighted by Gasteiger charge is 2.33. The van der Waals surface area contributed by atoms with Crippen LogP contribution in [0.2, 0.25) is 0 Å². The van der Waals surface area contributed by atoms with Gasteiger partial charge in [0.15, 0.2) is 5.82 Å². The van der Waals surface area contributed by atoms with Crippen molar-refractivity contribution in [3.8, 4) is 0 Å². The van der Waals surface area contributed by atoms with Gasteiger partial charge in [0.1, 0.15) is 4.90 Å². The number of aryl methyl sites for hydroxylation is 1. The molecule has 0 unspecified atom stereocenters. The maximum absolute atomic E-state index is 12.4. The molecule has 1 aliphatic rings. The number of aromatic nitrogens is 2. The van der Waals surface area contributed by atoms with Crippen molar-refractivity contribution in [1.29, 1.82) is 0 Å². The summed E-state index contributed by atoms with van der Waals surface area (Å²) in [6.45, 7) is 4.44. The Morgan fingerprint density at radius 3 is 2.58 bits per heavy atom. The Balaban J connectivity index is 2.24. The zero-order valence-electron chi connectivity index (χ0n) is 11.5. The first-order chi connectivity index (χ1) is 8.86. The summed E-state index contributed by atoms with van der Waals surface area (Å²) in [4.78, 5) is 0.0844. The second-order valence-electron chi connectivity index (χ2n) is 5.46. The van der Waals surface area contributed by atoms with Crippen molar-refractivity contribution in [2.24, 2.45) is 0 Å². The van der Waals surface area contributed by atoms with Crippen LogP contribution in [0.1, 0.15) is 46.0 Å². The maximum atomic E-state index is 12.4. The smallest absolute Gasteiger partial charge is 0.246 e. The standard InChI is InChI=1S/C12H22N4O2S/c1-3-16-9-10(11(13)14-16)19(17,18)15-12(2)7-5-4-6-8-12/h9,15H,3-8H2,1-2H3,(H2,13,14). The lowest BCUT2D eigenvalue weighted by atomic mass is 9.84. The van der Waals surface area contributed by atoms with Crippen LogP contribution >= 0.6 is 0 Å². The van der Waals surface area contributed by atoms with Gasteiger partial charge in [-0.25, -0.2) is 13.1 Å². The summed E-state index contributed by atoms with van der Waals surface area (Å²) >= 11 is 0. The molecule has 0 saturated heterocycles. The van der Waals surface area contributed by atoms with Crippen LogP contribution in [0.5, 0.6) is 0 Å². The summed E-state index contributed by atoms with van der Waals surface area (Å²) in [6, 6.07) is 0. The molecule has 19 heavy (non-hydrogen) atoms. The van der Waals surface area contributed by atoms with Crippen molar-refractivity contribution in [1.82, 2.24) is 14.5 Å². The number of rotatable bonds is 4. The number of anilines is 1. The highest BCUT2D eigenvalue weighted by atomic mass is 32.2. The van der Waals surface area contributed by atoms with Crippen LogP contribution in [0.15, 0.2) is 11.1 Å². The average molecular weight is 286 g/mol. The summed E-state index contributed by atoms with van der Waals surface area (Å²) in [5.74, 6) is 0.0637. The number of nitrogens with zero attached hydrogens (tertiary/aromatic N) is 2. The Kier molecular flexibility index (Phi) is 3.87. The van der Waals surface area contributed by atoms with Gasteiger partial charge in [-0.3, -0.25) is 4.68 Å². The molecule has 3 N–H and O–H groups in total. The van der Waals surface area contributed by atoms with Gasteiger partial charge < -0.3 is 5.73 Å². The van der Waals surface area contributed by atoms with Gasteiger partial charge in [0.2, 0.25) is 10.0 Å². The van der Waals surface area contributed by atoms with Gasteiger partial charge in [-0.15, -0.1) is 0 Å². The van der Waals surface area contributed by atoms with Crippen molar-refractivity contribution in [3.05, 3.63) is 6.20 Å². The molecular weight excluding hydrogens is 264 g/mol. The molecule has 2 rings (SSSR count). The maximum Gasteiger partial charge on any atom is 0.246 e. The normalized spacial score (nSPS) is 19.5. The van der Waals surface area contributed by atoms with Gasteiger partial charge >= 0.3 is 0 Å². The van der Waals surface area contributed by atoms with E-state index in [2.05, 4.69) is 9.82 Å². The van der Waals surface area contributed by atoms with E-state index in [9.17, 15) is 8.42 Å². The first-order valence-corrected chi connectivity index (χ1v) is 8.21. The third-order valence-corrected chi connectivity index (χ3v) is 5.36. The van der Waals surface area contributed by atoms with Gasteiger partial charge in [-0.2, -0.15) is 5.10 Å². The fourth-order valence-corrected chi connectivity index (χ4v) is 4.14. The molecule has 0 spiro atoms. The monoisotopic (exact) mass is 286 g/mol. The SMILES string of the molecule is CCn1cc(S(=O)(=O)NC2(C)CCCCC2)c(N)n1. The Morgan fingerprint density at radius 1 is 1.42 bits per heavy atom. The second kappa shape index (κ2) is 5.13. The van der Waals surface area contributed by atoms with Crippen molar-refractivity contribution >= 4 is 15.8 Å². The van der Waals surface area contributed by atoms with Crippen LogP contribution in [-0.4, -0.2) is 23.7 Å². The average Bonchev–Trinajstić information content (AvgIpc) is 2.71. The first kappa shape index (κ1) is 14.3. The highest BCUT2D eigenvalue weighted by Crippen LogP contribution is 2.30. The molecule has 108 valence electrons. The lowest BCUT2D eigenvalue weighted by Crippen LogP contribution is -2.47. The number of hydrogen-bond donors (Lipinski definition) is 2. The molecule has 0 radical (unpaired) electrons. The van der Waals surface area contributed by atoms with E-state index in [1.54, 1.807) is 0 Å². The van der Waals surface area contributed by atoms with Crippen LogP contribution in [0, 0.1) is 0 Å². The minimum absolute atomic E-state index is 0.0637. The van der Waals surface area contributed by atoms with E-state index in [1.807, 2.05) is 13.8 Å². The zero-order chi connectivity index (χ0) is 14.1. The molecule has 0 aromatic carbocycles. The van der Waals surface area contributed by atoms with E-state index < -0.39 is 10.0 Å². The van der Waals surface area contributed by atoms with E-state index in [-0.39, 0.29) is 16.3 Å². The lowest BCUT2D eigenvalue weighted by Gasteiger charge is -2.33. The topological polar surface area (TPSA) is 90.0 Å². The Labute approximate surface area is 114 Å². The zero-order valence-corrected chi connectivity index (χ0v) is 12.3. The van der Waals surface area contributed by atoms with Crippen molar-refractivity contribution in [2.75, 3.05) is 5.73 Å². The number of nitrogens with one attached hydrogen (secondary N) is 1. The van der Waals surface area contributed by atoms with Gasteiger partial charge in [-0.1, -0.05) is 19.3 Å². The minimum Gasteiger partial charge on any atom is -0.381 e. The van der Waals surface area contributed by atoms with E-state index in [0.29, 0.717) is 6.54 Å². The van der Waals surface area contributed by atoms with Crippen LogP contribution in [0.4, 0.5) is 5.82 Å². The van der Waals surface area contributed by atoms with E-state index in [4.69, 9.17) is 5.73 Å². The third kappa shape index (κ3) is 3.09. The fourth-order valence-electron chi connectivity index (χ4n) is 2.60. The molecule has 0 amide bonds. The Hall–Kier alpha value is -1.08. The van der Waals surface area contributed by atoms with E-state index in [1.165, 1.54) is 17.3 Å². The molecule has 6 nitrogen and oxygen atoms in total. The molecule has 1 aliphatic carbocycles. The summed E-state index contributed by atoms with van der Waals surface area (Å²) in [5.41, 5.74) is 5.34. The van der Waals surface area contributed by atoms with Gasteiger partial charge in [0.05, 0.1) is 0 Å². The van der Waals surface area contributed by atoms with Gasteiger partial charge in [0, 0.05) is 18.3 Å². The summed E-state index contributed by atoms with van der Waals surface area (Å²) in [6.07, 6.45) is 6.52. The van der Waals surface area contributed by atoms with E-state index >= 15 is 0 Å². The van der Waals surface area contributed by atoms with Crippen LogP contribution < -0.4 is 10.5 Å². The third-order valence-electron chi connectivity index (χ3n) is 3.71. The Morgan fingerprint density at radius 2 is 2.05 bits per heavy atom. The molecule has 1 fully saturated rings. The molecule has 0 aliphatic heterocycles. The van der Waals surface area contributed by atoms with Crippen LogP contribution in [0.3, 0.4) is 0 Å². The molecule has 1 aromatic heterocycles. The first-order valence-electron chi connectivity index (χ1n) is 6.73. The van der Waals surface area contributed by atoms with Crippen LogP contribution in [-0.2, 0) is 16.6 Å². The summed E-state index contributed by atoms with van der Waals surface area (Å²) in [5, 5.41) is 3.99. The van der Waals surface area contributed by atoms with Gasteiger partial charge in [0.25, 0.3) is 0 Å². The fraction of sp³-hybridized carbons (Fsp3) is 0.750. The largest absolute Gasteiger partial charge is 0.381 e. The van der Waals surface area contributed by atoms with Gasteiger partial charge in [-0.05, 0) is 26.7 Å². The molecule has 0 atom stereocenters. The number of hydrogen-bond acceptors (Lipinski definition) is 4. The summed E-state index contributed by atoms with van der Waals surface area (Å²) < 4.78 is 29.2. The molecule has 7 heteroatoms. The molecular formula is C12H22N4O2S. The van der Waals surface area contributed by atoms with Crippen LogP contribution in [0.25, 0.3) is 0 Å². The molecule has 1 aromatic rings. The quantitative estimate of drug-likeness (QED) is 0.877. The number of nitrogen functional groups attached to an aromatic ring is 1. The number of nitrogens with two attached hydrogens (primary N) is 1. The highest BCUT2D eigenvalue weighted by molar-refractivity contribution is 7.89. The van der Waals surface area contributed by atoms with Crippen molar-refractivity contribution < 1.29 is 8.42 Å². The van der Waals surface area contributed by atoms with Crippen molar-refractivity contribution in [2.45, 2.75) is 62.9 Å².